The minimum atomic E-state index is -0.195. The van der Waals surface area contributed by atoms with Crippen molar-refractivity contribution in [2.24, 2.45) is 5.41 Å². The molecule has 7 heteroatoms. The Labute approximate surface area is 170 Å². The molecule has 152 valence electrons. The number of carbonyl (C=O) groups excluding carboxylic acids is 1. The van der Waals surface area contributed by atoms with Crippen molar-refractivity contribution < 1.29 is 14.1 Å². The number of amides is 1. The lowest BCUT2D eigenvalue weighted by Gasteiger charge is -2.31. The Bertz CT molecular complexity index is 911. The lowest BCUT2D eigenvalue weighted by atomic mass is 9.87. The number of nitrogens with zero attached hydrogens (tertiary/aromatic N) is 4. The van der Waals surface area contributed by atoms with E-state index in [0.29, 0.717) is 38.3 Å². The predicted octanol–water partition coefficient (Wildman–Crippen LogP) is 2.41. The molecule has 0 aliphatic carbocycles. The van der Waals surface area contributed by atoms with Gasteiger partial charge in [-0.05, 0) is 31.5 Å². The zero-order valence-electron chi connectivity index (χ0n) is 17.0. The summed E-state index contributed by atoms with van der Waals surface area (Å²) in [5.41, 5.74) is 3.48. The molecule has 0 radical (unpaired) electrons. The van der Waals surface area contributed by atoms with Crippen molar-refractivity contribution in [3.8, 4) is 6.07 Å². The molecule has 1 aromatic carbocycles. The number of carbonyl (C=O) groups is 1. The maximum atomic E-state index is 12.8. The Kier molecular flexibility index (Phi) is 5.39. The van der Waals surface area contributed by atoms with Crippen molar-refractivity contribution in [2.75, 3.05) is 32.8 Å². The largest absolute Gasteiger partial charge is 0.379 e. The van der Waals surface area contributed by atoms with Gasteiger partial charge >= 0.3 is 0 Å². The molecule has 0 unspecified atom stereocenters. The fraction of sp³-hybridized carbons (Fsp3) is 0.500. The molecule has 2 saturated heterocycles. The van der Waals surface area contributed by atoms with Crippen LogP contribution in [0.4, 0.5) is 0 Å². The van der Waals surface area contributed by atoms with E-state index in [-0.39, 0.29) is 11.3 Å². The molecule has 1 amide bonds. The van der Waals surface area contributed by atoms with Gasteiger partial charge in [0.25, 0.3) is 0 Å². The maximum absolute atomic E-state index is 12.8. The Morgan fingerprint density at radius 3 is 2.69 bits per heavy atom. The van der Waals surface area contributed by atoms with Gasteiger partial charge in [0.15, 0.2) is 0 Å². The van der Waals surface area contributed by atoms with Gasteiger partial charge < -0.3 is 14.2 Å². The van der Waals surface area contributed by atoms with Crippen LogP contribution in [0.2, 0.25) is 0 Å². The second kappa shape index (κ2) is 7.97. The first kappa shape index (κ1) is 19.6. The van der Waals surface area contributed by atoms with Crippen molar-refractivity contribution in [3.63, 3.8) is 0 Å². The van der Waals surface area contributed by atoms with E-state index in [0.717, 1.165) is 42.2 Å². The molecule has 2 aliphatic rings. The van der Waals surface area contributed by atoms with Gasteiger partial charge in [-0.15, -0.1) is 0 Å². The summed E-state index contributed by atoms with van der Waals surface area (Å²) in [4.78, 5) is 17.1. The van der Waals surface area contributed by atoms with Gasteiger partial charge in [0.1, 0.15) is 5.76 Å². The number of aryl methyl sites for hydroxylation is 2. The molecule has 4 rings (SSSR count). The molecular weight excluding hydrogens is 368 g/mol. The Morgan fingerprint density at radius 2 is 2.00 bits per heavy atom. The van der Waals surface area contributed by atoms with Crippen LogP contribution in [-0.2, 0) is 22.6 Å². The highest BCUT2D eigenvalue weighted by atomic mass is 16.5. The van der Waals surface area contributed by atoms with Gasteiger partial charge in [-0.2, -0.15) is 5.26 Å². The van der Waals surface area contributed by atoms with Gasteiger partial charge in [0, 0.05) is 43.6 Å². The number of nitriles is 1. The number of aromatic nitrogens is 1. The molecule has 0 saturated carbocycles. The first-order valence-electron chi connectivity index (χ1n) is 9.97. The van der Waals surface area contributed by atoms with Gasteiger partial charge in [-0.3, -0.25) is 9.69 Å². The molecule has 29 heavy (non-hydrogen) atoms. The topological polar surface area (TPSA) is 82.6 Å². The van der Waals surface area contributed by atoms with Gasteiger partial charge in [-0.1, -0.05) is 17.3 Å². The average molecular weight is 394 g/mol. The van der Waals surface area contributed by atoms with Crippen LogP contribution in [0.5, 0.6) is 0 Å². The number of rotatable bonds is 4. The monoisotopic (exact) mass is 394 g/mol. The first-order valence-corrected chi connectivity index (χ1v) is 9.97. The molecule has 7 nitrogen and oxygen atoms in total. The summed E-state index contributed by atoms with van der Waals surface area (Å²) >= 11 is 0. The van der Waals surface area contributed by atoms with Crippen molar-refractivity contribution in [1.82, 2.24) is 15.0 Å². The SMILES string of the molecule is Cc1noc(C)c1CN1C[C@]2(COCCN(Cc3ccc(C#N)cc3)C2)CC1=O. The fourth-order valence-electron chi connectivity index (χ4n) is 4.41. The van der Waals surface area contributed by atoms with Crippen LogP contribution in [0.3, 0.4) is 0 Å². The van der Waals surface area contributed by atoms with E-state index >= 15 is 0 Å². The fourth-order valence-corrected chi connectivity index (χ4v) is 4.41. The van der Waals surface area contributed by atoms with Crippen molar-refractivity contribution in [1.29, 1.82) is 5.26 Å². The van der Waals surface area contributed by atoms with Gasteiger partial charge in [-0.25, -0.2) is 0 Å². The number of likely N-dealkylation sites (tertiary alicyclic amines) is 1. The molecular formula is C22H26N4O3. The van der Waals surface area contributed by atoms with Crippen LogP contribution in [0.15, 0.2) is 28.8 Å². The quantitative estimate of drug-likeness (QED) is 0.792. The Balaban J connectivity index is 1.46. The van der Waals surface area contributed by atoms with Crippen LogP contribution in [0.1, 0.15) is 34.6 Å². The molecule has 0 N–H and O–H groups in total. The standard InChI is InChI=1S/C22H26N4O3/c1-16-20(17(2)29-24-16)12-26-14-22(9-21(26)27)13-25(7-8-28-15-22)11-19-5-3-18(10-23)4-6-19/h3-6H,7-9,11-15H2,1-2H3/t22-/m0/s1. The van der Waals surface area contributed by atoms with Crippen LogP contribution in [-0.4, -0.2) is 53.7 Å². The predicted molar refractivity (Wildman–Crippen MR) is 106 cm³/mol. The van der Waals surface area contributed by atoms with E-state index in [4.69, 9.17) is 14.5 Å². The zero-order chi connectivity index (χ0) is 20.4. The molecule has 1 spiro atoms. The third-order valence-corrected chi connectivity index (χ3v) is 5.94. The minimum Gasteiger partial charge on any atom is -0.379 e. The van der Waals surface area contributed by atoms with E-state index in [1.165, 1.54) is 0 Å². The highest BCUT2D eigenvalue weighted by molar-refractivity contribution is 5.79. The third kappa shape index (κ3) is 4.19. The van der Waals surface area contributed by atoms with E-state index in [9.17, 15) is 4.79 Å². The summed E-state index contributed by atoms with van der Waals surface area (Å²) in [7, 11) is 0. The summed E-state index contributed by atoms with van der Waals surface area (Å²) in [6.45, 7) is 8.72. The summed E-state index contributed by atoms with van der Waals surface area (Å²) < 4.78 is 11.2. The number of hydrogen-bond acceptors (Lipinski definition) is 6. The second-order valence-corrected chi connectivity index (χ2v) is 8.30. The third-order valence-electron chi connectivity index (χ3n) is 5.94. The molecule has 2 aromatic rings. The summed E-state index contributed by atoms with van der Waals surface area (Å²) in [6.07, 6.45) is 0.500. The molecule has 3 heterocycles. The Hall–Kier alpha value is -2.69. The van der Waals surface area contributed by atoms with Crippen LogP contribution in [0.25, 0.3) is 0 Å². The highest BCUT2D eigenvalue weighted by Crippen LogP contribution is 2.36. The number of benzene rings is 1. The lowest BCUT2D eigenvalue weighted by Crippen LogP contribution is -2.40. The van der Waals surface area contributed by atoms with Gasteiger partial charge in [0.05, 0.1) is 37.1 Å². The molecule has 2 fully saturated rings. The van der Waals surface area contributed by atoms with E-state index in [2.05, 4.69) is 16.1 Å². The normalized spacial score (nSPS) is 22.8. The van der Waals surface area contributed by atoms with Gasteiger partial charge in [0.2, 0.25) is 5.91 Å². The van der Waals surface area contributed by atoms with Crippen LogP contribution >= 0.6 is 0 Å². The number of ether oxygens (including phenoxy) is 1. The zero-order valence-corrected chi connectivity index (χ0v) is 17.0. The average Bonchev–Trinajstić information content (AvgIpc) is 3.10. The maximum Gasteiger partial charge on any atom is 0.223 e. The molecule has 2 aliphatic heterocycles. The molecule has 1 atom stereocenters. The smallest absolute Gasteiger partial charge is 0.223 e. The van der Waals surface area contributed by atoms with Crippen molar-refractivity contribution in [2.45, 2.75) is 33.4 Å². The minimum absolute atomic E-state index is 0.161. The molecule has 1 aromatic heterocycles. The summed E-state index contributed by atoms with van der Waals surface area (Å²) in [5, 5.41) is 13.0. The highest BCUT2D eigenvalue weighted by Gasteiger charge is 2.45. The lowest BCUT2D eigenvalue weighted by molar-refractivity contribution is -0.128. The van der Waals surface area contributed by atoms with E-state index < -0.39 is 0 Å². The molecule has 0 bridgehead atoms. The first-order chi connectivity index (χ1) is 14.0. The number of hydrogen-bond donors (Lipinski definition) is 0. The van der Waals surface area contributed by atoms with Crippen LogP contribution in [0, 0.1) is 30.6 Å². The van der Waals surface area contributed by atoms with Crippen molar-refractivity contribution >= 4 is 5.91 Å². The van der Waals surface area contributed by atoms with Crippen LogP contribution < -0.4 is 0 Å². The second-order valence-electron chi connectivity index (χ2n) is 8.30. The van der Waals surface area contributed by atoms with E-state index in [1.54, 1.807) is 0 Å². The Morgan fingerprint density at radius 1 is 1.21 bits per heavy atom. The summed E-state index contributed by atoms with van der Waals surface area (Å²) in [5.74, 6) is 0.935. The van der Waals surface area contributed by atoms with E-state index in [1.807, 2.05) is 43.0 Å². The summed E-state index contributed by atoms with van der Waals surface area (Å²) in [6, 6.07) is 9.86. The van der Waals surface area contributed by atoms with Crippen molar-refractivity contribution in [3.05, 3.63) is 52.4 Å².